The molecule has 0 spiro atoms. The summed E-state index contributed by atoms with van der Waals surface area (Å²) in [6, 6.07) is 10.9. The maximum atomic E-state index is 11.9. The van der Waals surface area contributed by atoms with Crippen molar-refractivity contribution < 1.29 is 14.5 Å². The van der Waals surface area contributed by atoms with Gasteiger partial charge in [0.2, 0.25) is 0 Å². The summed E-state index contributed by atoms with van der Waals surface area (Å²) in [5.41, 5.74) is 1.35. The molecule has 0 saturated carbocycles. The number of carbonyl (C=O) groups excluding carboxylic acids is 1. The van der Waals surface area contributed by atoms with Gasteiger partial charge in [-0.1, -0.05) is 15.9 Å². The van der Waals surface area contributed by atoms with Crippen LogP contribution in [0.5, 0.6) is 5.75 Å². The largest absolute Gasteiger partial charge is 0.485 e. The van der Waals surface area contributed by atoms with Gasteiger partial charge in [0.25, 0.3) is 5.69 Å². The van der Waals surface area contributed by atoms with Gasteiger partial charge >= 0.3 is 0 Å². The molecular formula is C15H12BrNO4. The van der Waals surface area contributed by atoms with E-state index in [0.29, 0.717) is 11.3 Å². The first-order chi connectivity index (χ1) is 9.97. The van der Waals surface area contributed by atoms with Crippen LogP contribution < -0.4 is 4.74 Å². The summed E-state index contributed by atoms with van der Waals surface area (Å²) in [6.07, 6.45) is 0. The van der Waals surface area contributed by atoms with Gasteiger partial charge in [-0.15, -0.1) is 0 Å². The highest BCUT2D eigenvalue weighted by molar-refractivity contribution is 9.10. The van der Waals surface area contributed by atoms with Crippen LogP contribution in [0, 0.1) is 17.0 Å². The molecule has 21 heavy (non-hydrogen) atoms. The molecule has 0 bridgehead atoms. The summed E-state index contributed by atoms with van der Waals surface area (Å²) < 4.78 is 6.40. The monoisotopic (exact) mass is 349 g/mol. The summed E-state index contributed by atoms with van der Waals surface area (Å²) in [7, 11) is 0. The number of benzene rings is 2. The number of nitro benzene ring substituents is 1. The minimum absolute atomic E-state index is 0.0454. The molecule has 5 nitrogen and oxygen atoms in total. The molecule has 0 aliphatic carbocycles. The van der Waals surface area contributed by atoms with Gasteiger partial charge in [-0.3, -0.25) is 14.9 Å². The van der Waals surface area contributed by atoms with E-state index in [-0.39, 0.29) is 18.1 Å². The lowest BCUT2D eigenvalue weighted by Gasteiger charge is -2.07. The van der Waals surface area contributed by atoms with Gasteiger partial charge in [0.1, 0.15) is 5.75 Å². The quantitative estimate of drug-likeness (QED) is 0.465. The number of nitrogens with zero attached hydrogens (tertiary/aromatic N) is 1. The van der Waals surface area contributed by atoms with Crippen molar-refractivity contribution in [3.8, 4) is 5.75 Å². The fraction of sp³-hybridized carbons (Fsp3) is 0.133. The Kier molecular flexibility index (Phi) is 4.70. The maximum absolute atomic E-state index is 11.9. The van der Waals surface area contributed by atoms with Crippen LogP contribution in [-0.4, -0.2) is 17.3 Å². The number of ether oxygens (including phenoxy) is 1. The molecule has 0 radical (unpaired) electrons. The zero-order valence-electron chi connectivity index (χ0n) is 11.2. The van der Waals surface area contributed by atoms with Crippen molar-refractivity contribution in [2.24, 2.45) is 0 Å². The fourth-order valence-electron chi connectivity index (χ4n) is 1.71. The molecule has 2 aromatic carbocycles. The van der Waals surface area contributed by atoms with Gasteiger partial charge in [0.15, 0.2) is 12.4 Å². The van der Waals surface area contributed by atoms with E-state index in [1.807, 2.05) is 19.1 Å². The maximum Gasteiger partial charge on any atom is 0.269 e. The molecule has 2 rings (SSSR count). The molecule has 0 atom stereocenters. The number of ketones is 1. The molecular weight excluding hydrogens is 338 g/mol. The molecule has 0 aliphatic heterocycles. The number of halogens is 1. The van der Waals surface area contributed by atoms with Crippen molar-refractivity contribution in [2.75, 3.05) is 6.61 Å². The summed E-state index contributed by atoms with van der Waals surface area (Å²) in [6.45, 7) is 1.81. The van der Waals surface area contributed by atoms with Crippen LogP contribution in [-0.2, 0) is 0 Å². The van der Waals surface area contributed by atoms with E-state index >= 15 is 0 Å². The Morgan fingerprint density at radius 1 is 1.24 bits per heavy atom. The van der Waals surface area contributed by atoms with Crippen molar-refractivity contribution in [2.45, 2.75) is 6.92 Å². The highest BCUT2D eigenvalue weighted by atomic mass is 79.9. The molecule has 0 unspecified atom stereocenters. The normalized spacial score (nSPS) is 10.2. The van der Waals surface area contributed by atoms with Crippen LogP contribution in [0.1, 0.15) is 15.9 Å². The van der Waals surface area contributed by atoms with Crippen LogP contribution in [0.3, 0.4) is 0 Å². The number of aryl methyl sites for hydroxylation is 1. The molecule has 2 aromatic rings. The number of rotatable bonds is 5. The second-order valence-electron chi connectivity index (χ2n) is 4.43. The highest BCUT2D eigenvalue weighted by Gasteiger charge is 2.10. The molecule has 6 heteroatoms. The van der Waals surface area contributed by atoms with E-state index in [1.165, 1.54) is 24.3 Å². The molecule has 0 aromatic heterocycles. The summed E-state index contributed by atoms with van der Waals surface area (Å²) in [4.78, 5) is 22.0. The zero-order valence-corrected chi connectivity index (χ0v) is 12.8. The summed E-state index contributed by atoms with van der Waals surface area (Å²) in [5.74, 6) is 0.372. The van der Waals surface area contributed by atoms with Crippen LogP contribution in [0.4, 0.5) is 5.69 Å². The minimum Gasteiger partial charge on any atom is -0.485 e. The third-order valence-corrected chi connectivity index (χ3v) is 3.79. The minimum atomic E-state index is -0.505. The predicted molar refractivity (Wildman–Crippen MR) is 81.8 cm³/mol. The average molecular weight is 350 g/mol. The standard InChI is InChI=1S/C15H12BrNO4/c1-10-8-13(6-7-14(10)16)21-9-15(18)11-2-4-12(5-3-11)17(19)20/h2-8H,9H2,1H3. The first kappa shape index (κ1) is 15.2. The highest BCUT2D eigenvalue weighted by Crippen LogP contribution is 2.21. The Morgan fingerprint density at radius 3 is 2.48 bits per heavy atom. The zero-order chi connectivity index (χ0) is 15.4. The molecule has 0 heterocycles. The predicted octanol–water partition coefficient (Wildman–Crippen LogP) is 3.93. The Hall–Kier alpha value is -2.21. The van der Waals surface area contributed by atoms with E-state index in [4.69, 9.17) is 4.74 Å². The van der Waals surface area contributed by atoms with E-state index in [1.54, 1.807) is 6.07 Å². The van der Waals surface area contributed by atoms with Crippen LogP contribution in [0.2, 0.25) is 0 Å². The van der Waals surface area contributed by atoms with Gasteiger partial charge in [-0.05, 0) is 42.8 Å². The second-order valence-corrected chi connectivity index (χ2v) is 5.28. The third-order valence-electron chi connectivity index (χ3n) is 2.90. The molecule has 0 saturated heterocycles. The first-order valence-corrected chi connectivity index (χ1v) is 6.93. The van der Waals surface area contributed by atoms with Crippen molar-refractivity contribution in [3.05, 3.63) is 68.2 Å². The van der Waals surface area contributed by atoms with E-state index in [9.17, 15) is 14.9 Å². The van der Waals surface area contributed by atoms with Crippen LogP contribution in [0.25, 0.3) is 0 Å². The number of hydrogen-bond acceptors (Lipinski definition) is 4. The average Bonchev–Trinajstić information content (AvgIpc) is 2.48. The summed E-state index contributed by atoms with van der Waals surface area (Å²) in [5, 5.41) is 10.5. The molecule has 0 amide bonds. The van der Waals surface area contributed by atoms with Gasteiger partial charge in [-0.2, -0.15) is 0 Å². The van der Waals surface area contributed by atoms with Gasteiger partial charge in [-0.25, -0.2) is 0 Å². The Labute approximate surface area is 129 Å². The Morgan fingerprint density at radius 2 is 1.90 bits per heavy atom. The second kappa shape index (κ2) is 6.49. The number of carbonyl (C=O) groups is 1. The fourth-order valence-corrected chi connectivity index (χ4v) is 1.95. The van der Waals surface area contributed by atoms with Crippen LogP contribution in [0.15, 0.2) is 46.9 Å². The van der Waals surface area contributed by atoms with Gasteiger partial charge in [0, 0.05) is 22.2 Å². The molecule has 0 N–H and O–H groups in total. The van der Waals surface area contributed by atoms with Crippen molar-refractivity contribution in [1.82, 2.24) is 0 Å². The number of non-ortho nitro benzene ring substituents is 1. The van der Waals surface area contributed by atoms with Gasteiger partial charge < -0.3 is 4.74 Å². The smallest absolute Gasteiger partial charge is 0.269 e. The van der Waals surface area contributed by atoms with Crippen molar-refractivity contribution in [3.63, 3.8) is 0 Å². The topological polar surface area (TPSA) is 69.4 Å². The Bertz CT molecular complexity index is 683. The van der Waals surface area contributed by atoms with E-state index < -0.39 is 4.92 Å². The van der Waals surface area contributed by atoms with E-state index in [2.05, 4.69) is 15.9 Å². The van der Waals surface area contributed by atoms with E-state index in [0.717, 1.165) is 10.0 Å². The molecule has 0 aliphatic rings. The lowest BCUT2D eigenvalue weighted by Crippen LogP contribution is -2.11. The third kappa shape index (κ3) is 3.88. The van der Waals surface area contributed by atoms with Crippen molar-refractivity contribution >= 4 is 27.4 Å². The molecule has 0 fully saturated rings. The van der Waals surface area contributed by atoms with Crippen molar-refractivity contribution in [1.29, 1.82) is 0 Å². The molecule has 108 valence electrons. The lowest BCUT2D eigenvalue weighted by atomic mass is 10.1. The first-order valence-electron chi connectivity index (χ1n) is 6.14. The lowest BCUT2D eigenvalue weighted by molar-refractivity contribution is -0.384. The number of nitro groups is 1. The number of Topliss-reactive ketones (excluding diaryl/α,β-unsaturated/α-hetero) is 1. The summed E-state index contributed by atoms with van der Waals surface area (Å²) >= 11 is 3.39. The SMILES string of the molecule is Cc1cc(OCC(=O)c2ccc([N+](=O)[O-])cc2)ccc1Br. The Balaban J connectivity index is 2.01. The van der Waals surface area contributed by atoms with Crippen LogP contribution >= 0.6 is 15.9 Å². The van der Waals surface area contributed by atoms with Gasteiger partial charge in [0.05, 0.1) is 4.92 Å². The number of hydrogen-bond donors (Lipinski definition) is 0.